The van der Waals surface area contributed by atoms with Crippen molar-refractivity contribution in [2.75, 3.05) is 59.5 Å². The van der Waals surface area contributed by atoms with Crippen LogP contribution in [0.25, 0.3) is 0 Å². The normalized spacial score (nSPS) is 12.1. The van der Waals surface area contributed by atoms with E-state index < -0.39 is 8.07 Å². The molecule has 0 aromatic carbocycles. The Morgan fingerprint density at radius 3 is 1.65 bits per heavy atom. The summed E-state index contributed by atoms with van der Waals surface area (Å²) in [6, 6.07) is 0. The van der Waals surface area contributed by atoms with Crippen LogP contribution in [0, 0.1) is 11.5 Å². The zero-order chi connectivity index (χ0) is 17.6. The fourth-order valence-electron chi connectivity index (χ4n) is 1.29. The van der Waals surface area contributed by atoms with Crippen molar-refractivity contribution in [3.63, 3.8) is 0 Å². The Hall–Kier alpha value is -0.423. The standard InChI is InChI=1S/C17H34O5Si/c1-17(2,3)23(4,5)16-6-8-19-10-12-21-14-15-22-13-11-20-9-7-18/h18H,7-15H2,1-5H3. The largest absolute Gasteiger partial charge is 0.394 e. The van der Waals surface area contributed by atoms with E-state index in [1.54, 1.807) is 0 Å². The van der Waals surface area contributed by atoms with Crippen molar-refractivity contribution >= 4 is 8.07 Å². The molecule has 6 heteroatoms. The zero-order valence-corrected chi connectivity index (χ0v) is 16.4. The molecule has 5 nitrogen and oxygen atoms in total. The Kier molecular flexibility index (Phi) is 12.7. The monoisotopic (exact) mass is 346 g/mol. The lowest BCUT2D eigenvalue weighted by Gasteiger charge is -2.31. The van der Waals surface area contributed by atoms with Gasteiger partial charge in [-0.2, -0.15) is 0 Å². The van der Waals surface area contributed by atoms with Gasteiger partial charge in [-0.05, 0) is 5.04 Å². The third kappa shape index (κ3) is 12.6. The molecule has 0 aromatic heterocycles. The third-order valence-corrected chi connectivity index (χ3v) is 8.35. The molecule has 23 heavy (non-hydrogen) atoms. The molecule has 0 rings (SSSR count). The molecule has 0 atom stereocenters. The van der Waals surface area contributed by atoms with Crippen molar-refractivity contribution in [3.8, 4) is 11.5 Å². The maximum atomic E-state index is 8.51. The fourth-order valence-corrected chi connectivity index (χ4v) is 2.18. The van der Waals surface area contributed by atoms with Gasteiger partial charge in [-0.3, -0.25) is 0 Å². The summed E-state index contributed by atoms with van der Waals surface area (Å²) >= 11 is 0. The Morgan fingerprint density at radius 2 is 1.22 bits per heavy atom. The van der Waals surface area contributed by atoms with Crippen molar-refractivity contribution in [2.24, 2.45) is 0 Å². The Morgan fingerprint density at radius 1 is 0.783 bits per heavy atom. The van der Waals surface area contributed by atoms with E-state index in [0.717, 1.165) is 0 Å². The highest BCUT2D eigenvalue weighted by Crippen LogP contribution is 2.34. The highest BCUT2D eigenvalue weighted by Gasteiger charge is 2.33. The van der Waals surface area contributed by atoms with Crippen LogP contribution in [0.3, 0.4) is 0 Å². The summed E-state index contributed by atoms with van der Waals surface area (Å²) in [5.41, 5.74) is 3.41. The molecule has 0 saturated heterocycles. The van der Waals surface area contributed by atoms with E-state index in [1.165, 1.54) is 0 Å². The van der Waals surface area contributed by atoms with E-state index in [4.69, 9.17) is 24.1 Å². The van der Waals surface area contributed by atoms with Crippen molar-refractivity contribution in [1.29, 1.82) is 0 Å². The Labute approximate surface area is 142 Å². The molecule has 0 radical (unpaired) electrons. The van der Waals surface area contributed by atoms with Crippen LogP contribution in [-0.4, -0.2) is 72.6 Å². The highest BCUT2D eigenvalue weighted by atomic mass is 28.3. The minimum Gasteiger partial charge on any atom is -0.394 e. The maximum absolute atomic E-state index is 8.51. The first-order valence-corrected chi connectivity index (χ1v) is 11.2. The molecule has 136 valence electrons. The predicted molar refractivity (Wildman–Crippen MR) is 95.3 cm³/mol. The van der Waals surface area contributed by atoms with Crippen molar-refractivity contribution in [2.45, 2.75) is 38.9 Å². The van der Waals surface area contributed by atoms with Crippen LogP contribution < -0.4 is 0 Å². The molecule has 0 aliphatic rings. The average molecular weight is 347 g/mol. The van der Waals surface area contributed by atoms with Crippen LogP contribution in [0.1, 0.15) is 20.8 Å². The SMILES string of the molecule is CC(C)(C)[Si](C)(C)C#CCOCCOCCOCCOCCO. The number of hydrogen-bond donors (Lipinski definition) is 1. The lowest BCUT2D eigenvalue weighted by Crippen LogP contribution is -2.35. The number of ether oxygens (including phenoxy) is 4. The van der Waals surface area contributed by atoms with E-state index in [9.17, 15) is 0 Å². The summed E-state index contributed by atoms with van der Waals surface area (Å²) in [5, 5.41) is 8.80. The Balaban J connectivity index is 3.41. The van der Waals surface area contributed by atoms with E-state index >= 15 is 0 Å². The van der Waals surface area contributed by atoms with Gasteiger partial charge in [0.1, 0.15) is 14.7 Å². The molecule has 0 fully saturated rings. The lowest BCUT2D eigenvalue weighted by molar-refractivity contribution is -0.00291. The summed E-state index contributed by atoms with van der Waals surface area (Å²) in [4.78, 5) is 0. The molecule has 0 unspecified atom stereocenters. The van der Waals surface area contributed by atoms with E-state index in [2.05, 4.69) is 45.3 Å². The summed E-state index contributed by atoms with van der Waals surface area (Å²) < 4.78 is 21.2. The predicted octanol–water partition coefficient (Wildman–Crippen LogP) is 2.10. The van der Waals surface area contributed by atoms with Crippen LogP contribution in [0.2, 0.25) is 18.1 Å². The minimum atomic E-state index is -1.52. The van der Waals surface area contributed by atoms with Gasteiger partial charge in [-0.25, -0.2) is 0 Å². The number of hydrogen-bond acceptors (Lipinski definition) is 5. The lowest BCUT2D eigenvalue weighted by atomic mass is 10.2. The second-order valence-electron chi connectivity index (χ2n) is 6.79. The molecule has 0 aromatic rings. The highest BCUT2D eigenvalue weighted by molar-refractivity contribution is 6.87. The van der Waals surface area contributed by atoms with Crippen molar-refractivity contribution < 1.29 is 24.1 Å². The second-order valence-corrected chi connectivity index (χ2v) is 11.8. The van der Waals surface area contributed by atoms with Gasteiger partial charge < -0.3 is 24.1 Å². The quantitative estimate of drug-likeness (QED) is 0.333. The van der Waals surface area contributed by atoms with E-state index in [-0.39, 0.29) is 11.6 Å². The van der Waals surface area contributed by atoms with Gasteiger partial charge >= 0.3 is 0 Å². The van der Waals surface area contributed by atoms with Gasteiger partial charge in [-0.15, -0.1) is 5.54 Å². The molecule has 0 aliphatic carbocycles. The van der Waals surface area contributed by atoms with E-state index in [1.807, 2.05) is 0 Å². The van der Waals surface area contributed by atoms with Crippen LogP contribution >= 0.6 is 0 Å². The summed E-state index contributed by atoms with van der Waals surface area (Å²) in [7, 11) is -1.52. The fraction of sp³-hybridized carbons (Fsp3) is 0.882. The topological polar surface area (TPSA) is 57.2 Å². The van der Waals surface area contributed by atoms with Crippen LogP contribution in [0.4, 0.5) is 0 Å². The molecular weight excluding hydrogens is 312 g/mol. The second kappa shape index (κ2) is 12.9. The first-order chi connectivity index (χ1) is 10.8. The van der Waals surface area contributed by atoms with Gasteiger partial charge in [0.2, 0.25) is 0 Å². The summed E-state index contributed by atoms with van der Waals surface area (Å²) in [5.74, 6) is 3.15. The molecule has 0 saturated carbocycles. The van der Waals surface area contributed by atoms with Crippen molar-refractivity contribution in [1.82, 2.24) is 0 Å². The van der Waals surface area contributed by atoms with Gasteiger partial charge in [0, 0.05) is 0 Å². The van der Waals surface area contributed by atoms with Gasteiger partial charge in [-0.1, -0.05) is 39.8 Å². The summed E-state index contributed by atoms with van der Waals surface area (Å²) in [6.07, 6.45) is 0. The smallest absolute Gasteiger partial charge is 0.137 e. The number of rotatable bonds is 12. The van der Waals surface area contributed by atoms with Crippen LogP contribution in [-0.2, 0) is 18.9 Å². The number of aliphatic hydroxyl groups is 1. The van der Waals surface area contributed by atoms with Gasteiger partial charge in [0.05, 0.1) is 52.9 Å². The summed E-state index contributed by atoms with van der Waals surface area (Å²) in [6.45, 7) is 15.4. The van der Waals surface area contributed by atoms with Crippen LogP contribution in [0.5, 0.6) is 0 Å². The number of aliphatic hydroxyl groups excluding tert-OH is 1. The molecule has 0 heterocycles. The van der Waals surface area contributed by atoms with Gasteiger partial charge in [0.15, 0.2) is 0 Å². The van der Waals surface area contributed by atoms with Crippen LogP contribution in [0.15, 0.2) is 0 Å². The third-order valence-electron chi connectivity index (χ3n) is 3.80. The minimum absolute atomic E-state index is 0.0450. The Bertz CT molecular complexity index is 341. The van der Waals surface area contributed by atoms with Crippen molar-refractivity contribution in [3.05, 3.63) is 0 Å². The molecule has 0 bridgehead atoms. The molecule has 0 aliphatic heterocycles. The van der Waals surface area contributed by atoms with E-state index in [0.29, 0.717) is 52.9 Å². The molecular formula is C17H34O5Si. The maximum Gasteiger partial charge on any atom is 0.137 e. The van der Waals surface area contributed by atoms with Gasteiger partial charge in [0.25, 0.3) is 0 Å². The first-order valence-electron chi connectivity index (χ1n) is 8.23. The molecule has 0 amide bonds. The molecule has 0 spiro atoms. The molecule has 1 N–H and O–H groups in total. The first kappa shape index (κ1) is 22.6. The average Bonchev–Trinajstić information content (AvgIpc) is 2.46. The zero-order valence-electron chi connectivity index (χ0n) is 15.4.